The third-order valence-corrected chi connectivity index (χ3v) is 6.37. The first-order valence-corrected chi connectivity index (χ1v) is 12.6. The third kappa shape index (κ3) is 7.08. The van der Waals surface area contributed by atoms with Crippen LogP contribution in [0.1, 0.15) is 18.1 Å². The lowest BCUT2D eigenvalue weighted by Crippen LogP contribution is -2.19. The van der Waals surface area contributed by atoms with Crippen LogP contribution in [-0.4, -0.2) is 29.4 Å². The molecule has 9 heteroatoms. The smallest absolute Gasteiger partial charge is 0.269 e. The molecule has 0 aliphatic carbocycles. The first-order chi connectivity index (χ1) is 18.0. The molecule has 4 aromatic carbocycles. The molecule has 0 saturated carbocycles. The highest BCUT2D eigenvalue weighted by atomic mass is 32.2. The number of amides is 1. The first-order valence-electron chi connectivity index (χ1n) is 11.6. The molecule has 0 atom stereocenters. The zero-order chi connectivity index (χ0) is 26.0. The number of ether oxygens (including phenoxy) is 2. The van der Waals surface area contributed by atoms with Crippen molar-refractivity contribution in [3.05, 3.63) is 106 Å². The van der Waals surface area contributed by atoms with Crippen LogP contribution in [-0.2, 0) is 11.4 Å². The Kier molecular flexibility index (Phi) is 8.72. The van der Waals surface area contributed by atoms with Crippen molar-refractivity contribution in [2.24, 2.45) is 5.10 Å². The van der Waals surface area contributed by atoms with Crippen molar-refractivity contribution < 1.29 is 19.2 Å². The number of hydrogen-bond donors (Lipinski definition) is 1. The molecular weight excluding hydrogens is 490 g/mol. The van der Waals surface area contributed by atoms with E-state index in [9.17, 15) is 14.9 Å². The molecule has 0 spiro atoms. The van der Waals surface area contributed by atoms with Gasteiger partial charge in [0.05, 0.1) is 23.5 Å². The predicted octanol–water partition coefficient (Wildman–Crippen LogP) is 5.97. The minimum atomic E-state index is -0.440. The van der Waals surface area contributed by atoms with E-state index < -0.39 is 4.92 Å². The van der Waals surface area contributed by atoms with E-state index in [4.69, 9.17) is 9.47 Å². The second-order valence-corrected chi connectivity index (χ2v) is 8.93. The van der Waals surface area contributed by atoms with E-state index in [1.165, 1.54) is 30.1 Å². The molecular formula is C28H25N3O5S. The largest absolute Gasteiger partial charge is 0.490 e. The van der Waals surface area contributed by atoms with E-state index in [0.29, 0.717) is 29.2 Å². The van der Waals surface area contributed by atoms with Crippen LogP contribution in [0.5, 0.6) is 11.5 Å². The van der Waals surface area contributed by atoms with Crippen molar-refractivity contribution in [1.29, 1.82) is 0 Å². The Hall–Kier alpha value is -4.37. The lowest BCUT2D eigenvalue weighted by atomic mass is 10.1. The number of carbonyl (C=O) groups is 1. The number of nitrogens with zero attached hydrogens (tertiary/aromatic N) is 2. The minimum absolute atomic E-state index is 0.00950. The zero-order valence-corrected chi connectivity index (χ0v) is 20.9. The van der Waals surface area contributed by atoms with Gasteiger partial charge in [0.2, 0.25) is 5.91 Å². The fourth-order valence-electron chi connectivity index (χ4n) is 3.59. The number of fused-ring (bicyclic) bond motifs is 1. The summed E-state index contributed by atoms with van der Waals surface area (Å²) in [5, 5.41) is 17.3. The molecule has 0 aliphatic heterocycles. The second kappa shape index (κ2) is 12.5. The number of benzene rings is 4. The molecule has 8 nitrogen and oxygen atoms in total. The van der Waals surface area contributed by atoms with E-state index in [1.807, 2.05) is 49.4 Å². The third-order valence-electron chi connectivity index (χ3n) is 5.29. The number of hydrazone groups is 1. The molecule has 0 unspecified atom stereocenters. The van der Waals surface area contributed by atoms with Gasteiger partial charge in [0, 0.05) is 17.0 Å². The fourth-order valence-corrected chi connectivity index (χ4v) is 4.46. The Balaban J connectivity index is 1.34. The van der Waals surface area contributed by atoms with Crippen molar-refractivity contribution in [3.63, 3.8) is 0 Å². The summed E-state index contributed by atoms with van der Waals surface area (Å²) in [4.78, 5) is 23.9. The quantitative estimate of drug-likeness (QED) is 0.114. The summed E-state index contributed by atoms with van der Waals surface area (Å²) in [6, 6.07) is 25.7. The number of non-ortho nitro benzene ring substituents is 1. The van der Waals surface area contributed by atoms with E-state index in [1.54, 1.807) is 30.3 Å². The van der Waals surface area contributed by atoms with Crippen LogP contribution in [0.2, 0.25) is 0 Å². The van der Waals surface area contributed by atoms with Gasteiger partial charge in [-0.1, -0.05) is 48.5 Å². The SMILES string of the molecule is CCOc1cc(/C=N/NC(=O)CSc2cccc3ccccc23)ccc1OCc1cccc([N+](=O)[O-])c1. The zero-order valence-electron chi connectivity index (χ0n) is 20.1. The van der Waals surface area contributed by atoms with Crippen LogP contribution in [0.15, 0.2) is 94.9 Å². The number of nitrogens with one attached hydrogen (secondary N) is 1. The van der Waals surface area contributed by atoms with Crippen molar-refractivity contribution >= 4 is 40.3 Å². The molecule has 0 fully saturated rings. The van der Waals surface area contributed by atoms with Gasteiger partial charge in [-0.05, 0) is 53.1 Å². The van der Waals surface area contributed by atoms with E-state index in [2.05, 4.69) is 10.5 Å². The highest BCUT2D eigenvalue weighted by Crippen LogP contribution is 2.30. The van der Waals surface area contributed by atoms with Gasteiger partial charge < -0.3 is 9.47 Å². The van der Waals surface area contributed by atoms with Crippen LogP contribution in [0.25, 0.3) is 10.8 Å². The Labute approximate surface area is 218 Å². The highest BCUT2D eigenvalue weighted by Gasteiger charge is 2.10. The lowest BCUT2D eigenvalue weighted by Gasteiger charge is -2.12. The van der Waals surface area contributed by atoms with Crippen LogP contribution in [0, 0.1) is 10.1 Å². The standard InChI is InChI=1S/C28H25N3O5S/c1-2-35-26-16-20(13-14-25(26)36-18-21-7-5-10-23(15-21)31(33)34)17-29-30-28(32)19-37-27-12-6-9-22-8-3-4-11-24(22)27/h3-17H,2,18-19H2,1H3,(H,30,32)/b29-17+. The van der Waals surface area contributed by atoms with Crippen molar-refractivity contribution in [1.82, 2.24) is 5.43 Å². The van der Waals surface area contributed by atoms with Crippen LogP contribution in [0.3, 0.4) is 0 Å². The Morgan fingerprint density at radius 2 is 1.81 bits per heavy atom. The summed E-state index contributed by atoms with van der Waals surface area (Å²) in [5.41, 5.74) is 3.96. The van der Waals surface area contributed by atoms with Gasteiger partial charge >= 0.3 is 0 Å². The number of thioether (sulfide) groups is 1. The van der Waals surface area contributed by atoms with Crippen LogP contribution >= 0.6 is 11.8 Å². The van der Waals surface area contributed by atoms with Gasteiger partial charge in [0.25, 0.3) is 5.69 Å². The lowest BCUT2D eigenvalue weighted by molar-refractivity contribution is -0.384. The number of nitro benzene ring substituents is 1. The Morgan fingerprint density at radius 1 is 1.00 bits per heavy atom. The molecule has 0 aliphatic rings. The molecule has 4 rings (SSSR count). The molecule has 188 valence electrons. The van der Waals surface area contributed by atoms with Crippen molar-refractivity contribution in [3.8, 4) is 11.5 Å². The highest BCUT2D eigenvalue weighted by molar-refractivity contribution is 8.00. The van der Waals surface area contributed by atoms with Gasteiger partial charge in [0.15, 0.2) is 11.5 Å². The van der Waals surface area contributed by atoms with E-state index in [-0.39, 0.29) is 24.0 Å². The minimum Gasteiger partial charge on any atom is -0.490 e. The molecule has 0 saturated heterocycles. The maximum absolute atomic E-state index is 12.3. The molecule has 4 aromatic rings. The summed E-state index contributed by atoms with van der Waals surface area (Å²) >= 11 is 1.46. The second-order valence-electron chi connectivity index (χ2n) is 7.91. The fraction of sp³-hybridized carbons (Fsp3) is 0.143. The Bertz CT molecular complexity index is 1440. The molecule has 0 bridgehead atoms. The van der Waals surface area contributed by atoms with Gasteiger partial charge in [-0.3, -0.25) is 14.9 Å². The summed E-state index contributed by atoms with van der Waals surface area (Å²) < 4.78 is 11.5. The summed E-state index contributed by atoms with van der Waals surface area (Å²) in [5.74, 6) is 1.03. The van der Waals surface area contributed by atoms with Gasteiger partial charge in [-0.15, -0.1) is 11.8 Å². The summed E-state index contributed by atoms with van der Waals surface area (Å²) in [7, 11) is 0. The first kappa shape index (κ1) is 25.7. The van der Waals surface area contributed by atoms with E-state index in [0.717, 1.165) is 15.7 Å². The molecule has 37 heavy (non-hydrogen) atoms. The number of carbonyl (C=O) groups excluding carboxylic acids is 1. The normalized spacial score (nSPS) is 10.9. The number of rotatable bonds is 11. The van der Waals surface area contributed by atoms with Crippen molar-refractivity contribution in [2.75, 3.05) is 12.4 Å². The van der Waals surface area contributed by atoms with Gasteiger partial charge in [0.1, 0.15) is 6.61 Å². The average molecular weight is 516 g/mol. The number of hydrogen-bond acceptors (Lipinski definition) is 7. The van der Waals surface area contributed by atoms with E-state index >= 15 is 0 Å². The molecule has 1 amide bonds. The molecule has 0 aromatic heterocycles. The van der Waals surface area contributed by atoms with Gasteiger partial charge in [-0.25, -0.2) is 5.43 Å². The Morgan fingerprint density at radius 3 is 2.65 bits per heavy atom. The summed E-state index contributed by atoms with van der Waals surface area (Å²) in [6.07, 6.45) is 1.54. The maximum Gasteiger partial charge on any atom is 0.269 e. The number of nitro groups is 1. The maximum atomic E-state index is 12.3. The topological polar surface area (TPSA) is 103 Å². The van der Waals surface area contributed by atoms with Crippen LogP contribution in [0.4, 0.5) is 5.69 Å². The van der Waals surface area contributed by atoms with Crippen molar-refractivity contribution in [2.45, 2.75) is 18.4 Å². The molecule has 1 N–H and O–H groups in total. The average Bonchev–Trinajstić information content (AvgIpc) is 2.91. The predicted molar refractivity (Wildman–Crippen MR) is 145 cm³/mol. The molecule has 0 heterocycles. The molecule has 0 radical (unpaired) electrons. The monoisotopic (exact) mass is 515 g/mol. The van der Waals surface area contributed by atoms with Crippen LogP contribution < -0.4 is 14.9 Å². The summed E-state index contributed by atoms with van der Waals surface area (Å²) in [6.45, 7) is 2.44. The van der Waals surface area contributed by atoms with Gasteiger partial charge in [-0.2, -0.15) is 5.10 Å².